The number of fused-ring (bicyclic) bond motifs is 1. The molecule has 0 aliphatic carbocycles. The summed E-state index contributed by atoms with van der Waals surface area (Å²) >= 11 is 7.07. The minimum atomic E-state index is -0.963. The van der Waals surface area contributed by atoms with E-state index >= 15 is 0 Å². The van der Waals surface area contributed by atoms with Crippen molar-refractivity contribution in [3.63, 3.8) is 0 Å². The Kier molecular flexibility index (Phi) is 4.62. The molecule has 2 aromatic rings. The van der Waals surface area contributed by atoms with Crippen LogP contribution >= 0.6 is 22.9 Å². The Labute approximate surface area is 154 Å². The molecule has 0 radical (unpaired) electrons. The lowest BCUT2D eigenvalue weighted by Gasteiger charge is -2.40. The molecule has 0 fully saturated rings. The van der Waals surface area contributed by atoms with Gasteiger partial charge in [0.1, 0.15) is 17.5 Å². The fraction of sp³-hybridized carbons (Fsp3) is 0.333. The number of hydrogen-bond acceptors (Lipinski definition) is 5. The van der Waals surface area contributed by atoms with E-state index in [9.17, 15) is 14.7 Å². The van der Waals surface area contributed by atoms with Crippen LogP contribution in [0.2, 0.25) is 5.02 Å². The molecule has 1 aromatic heterocycles. The van der Waals surface area contributed by atoms with Crippen LogP contribution < -0.4 is 10.1 Å². The van der Waals surface area contributed by atoms with Gasteiger partial charge in [0.15, 0.2) is 5.78 Å². The second-order valence-electron chi connectivity index (χ2n) is 6.50. The summed E-state index contributed by atoms with van der Waals surface area (Å²) in [6, 6.07) is 7.49. The highest BCUT2D eigenvalue weighted by molar-refractivity contribution is 7.14. The number of amides is 1. The molecular weight excluding hydrogens is 362 g/mol. The number of ketones is 1. The van der Waals surface area contributed by atoms with Gasteiger partial charge in [-0.25, -0.2) is 0 Å². The van der Waals surface area contributed by atoms with Gasteiger partial charge in [-0.1, -0.05) is 11.6 Å². The summed E-state index contributed by atoms with van der Waals surface area (Å²) in [5, 5.41) is 14.1. The number of aliphatic hydroxyl groups excluding tert-OH is 1. The molecule has 0 bridgehead atoms. The van der Waals surface area contributed by atoms with E-state index in [1.54, 1.807) is 44.2 Å². The fourth-order valence-electron chi connectivity index (χ4n) is 2.72. The largest absolute Gasteiger partial charge is 0.484 e. The van der Waals surface area contributed by atoms with Crippen molar-refractivity contribution in [1.82, 2.24) is 5.32 Å². The molecule has 0 spiro atoms. The number of Topliss-reactive ketones (excluding diaryl/α,β-unsaturated/α-hetero) is 1. The number of thiophene rings is 1. The van der Waals surface area contributed by atoms with Crippen LogP contribution in [-0.4, -0.2) is 28.5 Å². The molecule has 0 unspecified atom stereocenters. The third-order valence-corrected chi connectivity index (χ3v) is 5.70. The number of carbonyl (C=O) groups excluding carboxylic acids is 2. The van der Waals surface area contributed by atoms with Gasteiger partial charge < -0.3 is 15.2 Å². The molecule has 5 nitrogen and oxygen atoms in total. The van der Waals surface area contributed by atoms with Crippen molar-refractivity contribution in [2.75, 3.05) is 0 Å². The van der Waals surface area contributed by atoms with Gasteiger partial charge in [0, 0.05) is 16.7 Å². The average Bonchev–Trinajstić information content (AvgIpc) is 2.95. The van der Waals surface area contributed by atoms with Crippen molar-refractivity contribution in [2.24, 2.45) is 0 Å². The van der Waals surface area contributed by atoms with E-state index in [2.05, 4.69) is 5.32 Å². The summed E-state index contributed by atoms with van der Waals surface area (Å²) in [5.41, 5.74) is -0.467. The molecule has 1 aliphatic rings. The Bertz CT molecular complexity index is 828. The first-order valence-electron chi connectivity index (χ1n) is 7.77. The van der Waals surface area contributed by atoms with Crippen LogP contribution in [0.1, 0.15) is 51.7 Å². The molecule has 0 saturated carbocycles. The Hall–Kier alpha value is -1.89. The molecule has 1 aromatic carbocycles. The molecular formula is C18H18ClNO4S. The minimum Gasteiger partial charge on any atom is -0.484 e. The van der Waals surface area contributed by atoms with Crippen LogP contribution in [0.5, 0.6) is 5.75 Å². The van der Waals surface area contributed by atoms with Gasteiger partial charge in [-0.05, 0) is 45.0 Å². The smallest absolute Gasteiger partial charge is 0.251 e. The number of halogens is 1. The van der Waals surface area contributed by atoms with E-state index < -0.39 is 17.7 Å². The Balaban J connectivity index is 1.95. The lowest BCUT2D eigenvalue weighted by Crippen LogP contribution is -2.53. The van der Waals surface area contributed by atoms with Crippen LogP contribution in [0.4, 0.5) is 0 Å². The minimum absolute atomic E-state index is 0.0851. The van der Waals surface area contributed by atoms with Crippen molar-refractivity contribution in [2.45, 2.75) is 38.5 Å². The molecule has 1 aliphatic heterocycles. The summed E-state index contributed by atoms with van der Waals surface area (Å²) in [6.07, 6.45) is -0.963. The summed E-state index contributed by atoms with van der Waals surface area (Å²) in [7, 11) is 0. The zero-order chi connectivity index (χ0) is 18.4. The van der Waals surface area contributed by atoms with Crippen molar-refractivity contribution < 1.29 is 19.4 Å². The predicted molar refractivity (Wildman–Crippen MR) is 96.7 cm³/mol. The van der Waals surface area contributed by atoms with E-state index in [0.29, 0.717) is 26.1 Å². The molecule has 2 N–H and O–H groups in total. The first-order chi connectivity index (χ1) is 11.7. The van der Waals surface area contributed by atoms with Crippen LogP contribution in [0.3, 0.4) is 0 Å². The van der Waals surface area contributed by atoms with Crippen molar-refractivity contribution >= 4 is 34.6 Å². The highest BCUT2D eigenvalue weighted by Gasteiger charge is 2.45. The zero-order valence-electron chi connectivity index (χ0n) is 14.0. The highest BCUT2D eigenvalue weighted by Crippen LogP contribution is 2.44. The molecule has 7 heteroatoms. The summed E-state index contributed by atoms with van der Waals surface area (Å²) in [5.74, 6) is 0.104. The number of aliphatic hydroxyl groups is 1. The van der Waals surface area contributed by atoms with Gasteiger partial charge in [0.2, 0.25) is 0 Å². The molecule has 1 amide bonds. The van der Waals surface area contributed by atoms with E-state index in [0.717, 1.165) is 0 Å². The molecule has 3 rings (SSSR count). The van der Waals surface area contributed by atoms with Gasteiger partial charge in [-0.2, -0.15) is 0 Å². The van der Waals surface area contributed by atoms with E-state index in [-0.39, 0.29) is 11.7 Å². The zero-order valence-corrected chi connectivity index (χ0v) is 15.6. The third kappa shape index (κ3) is 3.42. The standard InChI is InChI=1S/C18H18ClNO4S/c1-9(21)13-8-12-15(25-13)14(16(22)18(2,3)24-12)20-17(23)10-4-6-11(19)7-5-10/h4-8,14,16,22H,1-3H3,(H,20,23)/t14-,16+/m0/s1. The topological polar surface area (TPSA) is 75.6 Å². The van der Waals surface area contributed by atoms with Gasteiger partial charge in [0.05, 0.1) is 15.8 Å². The van der Waals surface area contributed by atoms with Crippen molar-refractivity contribution in [1.29, 1.82) is 0 Å². The number of carbonyl (C=O) groups is 2. The maximum atomic E-state index is 12.6. The van der Waals surface area contributed by atoms with Gasteiger partial charge in [0.25, 0.3) is 5.91 Å². The SMILES string of the molecule is CC(=O)c1cc2c(s1)[C@H](NC(=O)c1ccc(Cl)cc1)[C@@H](O)C(C)(C)O2. The molecule has 2 heterocycles. The van der Waals surface area contributed by atoms with Gasteiger partial charge in [-0.3, -0.25) is 9.59 Å². The van der Waals surface area contributed by atoms with Crippen LogP contribution in [0.15, 0.2) is 30.3 Å². The van der Waals surface area contributed by atoms with Gasteiger partial charge >= 0.3 is 0 Å². The lowest BCUT2D eigenvalue weighted by atomic mass is 9.90. The number of ether oxygens (including phenoxy) is 1. The lowest BCUT2D eigenvalue weighted by molar-refractivity contribution is -0.0612. The number of benzene rings is 1. The van der Waals surface area contributed by atoms with Crippen molar-refractivity contribution in [3.05, 3.63) is 50.7 Å². The Morgan fingerprint density at radius 2 is 1.92 bits per heavy atom. The Morgan fingerprint density at radius 1 is 1.28 bits per heavy atom. The molecule has 25 heavy (non-hydrogen) atoms. The average molecular weight is 380 g/mol. The Morgan fingerprint density at radius 3 is 2.52 bits per heavy atom. The monoisotopic (exact) mass is 379 g/mol. The first-order valence-corrected chi connectivity index (χ1v) is 8.96. The van der Waals surface area contributed by atoms with Crippen LogP contribution in [0.25, 0.3) is 0 Å². The number of rotatable bonds is 3. The van der Waals surface area contributed by atoms with Crippen molar-refractivity contribution in [3.8, 4) is 5.75 Å². The number of hydrogen-bond donors (Lipinski definition) is 2. The maximum absolute atomic E-state index is 12.6. The molecule has 0 saturated heterocycles. The maximum Gasteiger partial charge on any atom is 0.251 e. The second-order valence-corrected chi connectivity index (χ2v) is 8.02. The van der Waals surface area contributed by atoms with E-state index in [1.165, 1.54) is 18.3 Å². The number of nitrogens with one attached hydrogen (secondary N) is 1. The summed E-state index contributed by atoms with van der Waals surface area (Å²) in [4.78, 5) is 25.4. The fourth-order valence-corrected chi connectivity index (χ4v) is 3.91. The van der Waals surface area contributed by atoms with Gasteiger partial charge in [-0.15, -0.1) is 11.3 Å². The third-order valence-electron chi connectivity index (χ3n) is 4.15. The van der Waals surface area contributed by atoms with Crippen LogP contribution in [0, 0.1) is 0 Å². The summed E-state index contributed by atoms with van der Waals surface area (Å²) in [6.45, 7) is 4.96. The first kappa shape index (κ1) is 17.9. The second kappa shape index (κ2) is 6.44. The highest BCUT2D eigenvalue weighted by atomic mass is 35.5. The van der Waals surface area contributed by atoms with E-state index in [4.69, 9.17) is 16.3 Å². The quantitative estimate of drug-likeness (QED) is 0.799. The molecule has 2 atom stereocenters. The predicted octanol–water partition coefficient (Wildman–Crippen LogP) is 3.61. The van der Waals surface area contributed by atoms with Crippen LogP contribution in [-0.2, 0) is 0 Å². The normalized spacial score (nSPS) is 21.2. The summed E-state index contributed by atoms with van der Waals surface area (Å²) < 4.78 is 5.84. The van der Waals surface area contributed by atoms with E-state index in [1.807, 2.05) is 0 Å². The molecule has 132 valence electrons.